The minimum Gasteiger partial charge on any atom is -0.390 e. The molecule has 1 atom stereocenters. The number of ether oxygens (including phenoxy) is 1. The van der Waals surface area contributed by atoms with Crippen LogP contribution >= 0.6 is 0 Å². The molecule has 1 fully saturated rings. The van der Waals surface area contributed by atoms with E-state index < -0.39 is 0 Å². The van der Waals surface area contributed by atoms with Crippen LogP contribution in [0.1, 0.15) is 46.5 Å². The Balaban J connectivity index is 2.13. The predicted molar refractivity (Wildman–Crippen MR) is 58.2 cm³/mol. The number of hydrogen-bond acceptors (Lipinski definition) is 2. The van der Waals surface area contributed by atoms with Gasteiger partial charge in [0.2, 0.25) is 0 Å². The van der Waals surface area contributed by atoms with Crippen LogP contribution in [-0.2, 0) is 4.74 Å². The van der Waals surface area contributed by atoms with Crippen molar-refractivity contribution in [3.05, 3.63) is 0 Å². The Kier molecular flexibility index (Phi) is 4.90. The summed E-state index contributed by atoms with van der Waals surface area (Å²) in [5.41, 5.74) is 0. The van der Waals surface area contributed by atoms with Gasteiger partial charge in [0.05, 0.1) is 18.8 Å². The Hall–Kier alpha value is -0.0800. The fourth-order valence-electron chi connectivity index (χ4n) is 1.82. The van der Waals surface area contributed by atoms with E-state index in [1.807, 2.05) is 13.8 Å². The molecule has 1 saturated carbocycles. The first-order valence-corrected chi connectivity index (χ1v) is 5.89. The van der Waals surface area contributed by atoms with Gasteiger partial charge in [-0.3, -0.25) is 0 Å². The van der Waals surface area contributed by atoms with Gasteiger partial charge < -0.3 is 9.84 Å². The van der Waals surface area contributed by atoms with Crippen molar-refractivity contribution in [3.8, 4) is 0 Å². The third-order valence-corrected chi connectivity index (χ3v) is 3.24. The Morgan fingerprint density at radius 1 is 1.21 bits per heavy atom. The molecule has 0 aromatic carbocycles. The van der Waals surface area contributed by atoms with Crippen LogP contribution in [0.5, 0.6) is 0 Å². The predicted octanol–water partition coefficient (Wildman–Crippen LogP) is 2.60. The van der Waals surface area contributed by atoms with Crippen LogP contribution in [0.2, 0.25) is 0 Å². The topological polar surface area (TPSA) is 29.5 Å². The van der Waals surface area contributed by atoms with E-state index in [0.29, 0.717) is 18.6 Å². The first-order valence-electron chi connectivity index (χ1n) is 5.89. The first-order chi connectivity index (χ1) is 6.59. The third kappa shape index (κ3) is 3.97. The van der Waals surface area contributed by atoms with E-state index in [1.54, 1.807) is 0 Å². The van der Waals surface area contributed by atoms with Crippen molar-refractivity contribution in [2.75, 3.05) is 6.61 Å². The molecule has 84 valence electrons. The summed E-state index contributed by atoms with van der Waals surface area (Å²) in [7, 11) is 0. The maximum absolute atomic E-state index is 9.58. The van der Waals surface area contributed by atoms with Crippen LogP contribution in [0.25, 0.3) is 0 Å². The average Bonchev–Trinajstić information content (AvgIpc) is 2.16. The highest BCUT2D eigenvalue weighted by Gasteiger charge is 2.20. The molecule has 1 unspecified atom stereocenters. The highest BCUT2D eigenvalue weighted by Crippen LogP contribution is 2.25. The van der Waals surface area contributed by atoms with Crippen LogP contribution < -0.4 is 0 Å². The molecule has 0 radical (unpaired) electrons. The highest BCUT2D eigenvalue weighted by molar-refractivity contribution is 4.70. The molecule has 1 N–H and O–H groups in total. The van der Waals surface area contributed by atoms with Crippen molar-refractivity contribution in [2.24, 2.45) is 11.8 Å². The quantitative estimate of drug-likeness (QED) is 0.756. The van der Waals surface area contributed by atoms with Crippen LogP contribution in [0.4, 0.5) is 0 Å². The van der Waals surface area contributed by atoms with Crippen molar-refractivity contribution < 1.29 is 9.84 Å². The van der Waals surface area contributed by atoms with Crippen molar-refractivity contribution >= 4 is 0 Å². The monoisotopic (exact) mass is 200 g/mol. The van der Waals surface area contributed by atoms with E-state index in [9.17, 15) is 5.11 Å². The Morgan fingerprint density at radius 2 is 1.79 bits per heavy atom. The SMILES string of the molecule is CC1CCC(OCC(O)C(C)C)CC1. The normalized spacial score (nSPS) is 30.6. The van der Waals surface area contributed by atoms with Gasteiger partial charge in [0.1, 0.15) is 0 Å². The molecule has 0 heterocycles. The number of hydrogen-bond donors (Lipinski definition) is 1. The summed E-state index contributed by atoms with van der Waals surface area (Å²) >= 11 is 0. The maximum atomic E-state index is 9.58. The van der Waals surface area contributed by atoms with Crippen molar-refractivity contribution in [1.82, 2.24) is 0 Å². The molecule has 1 aliphatic carbocycles. The summed E-state index contributed by atoms with van der Waals surface area (Å²) in [5, 5.41) is 9.58. The molecule has 0 spiro atoms. The van der Waals surface area contributed by atoms with Crippen molar-refractivity contribution in [3.63, 3.8) is 0 Å². The molecule has 14 heavy (non-hydrogen) atoms. The molecule has 2 heteroatoms. The molecule has 0 saturated heterocycles. The largest absolute Gasteiger partial charge is 0.390 e. The molecular formula is C12H24O2. The molecule has 0 aliphatic heterocycles. The van der Waals surface area contributed by atoms with E-state index in [0.717, 1.165) is 5.92 Å². The summed E-state index contributed by atoms with van der Waals surface area (Å²) in [4.78, 5) is 0. The summed E-state index contributed by atoms with van der Waals surface area (Å²) in [6, 6.07) is 0. The average molecular weight is 200 g/mol. The smallest absolute Gasteiger partial charge is 0.0796 e. The fourth-order valence-corrected chi connectivity index (χ4v) is 1.82. The zero-order chi connectivity index (χ0) is 10.6. The van der Waals surface area contributed by atoms with E-state index in [2.05, 4.69) is 6.92 Å². The van der Waals surface area contributed by atoms with E-state index in [-0.39, 0.29) is 6.10 Å². The fraction of sp³-hybridized carbons (Fsp3) is 1.00. The summed E-state index contributed by atoms with van der Waals surface area (Å²) < 4.78 is 5.70. The number of rotatable bonds is 4. The lowest BCUT2D eigenvalue weighted by Gasteiger charge is -2.27. The first kappa shape index (κ1) is 12.0. The molecular weight excluding hydrogens is 176 g/mol. The van der Waals surface area contributed by atoms with Gasteiger partial charge in [-0.1, -0.05) is 20.8 Å². The van der Waals surface area contributed by atoms with Gasteiger partial charge in [0, 0.05) is 0 Å². The van der Waals surface area contributed by atoms with Crippen LogP contribution in [0, 0.1) is 11.8 Å². The summed E-state index contributed by atoms with van der Waals surface area (Å²) in [6.07, 6.45) is 5.01. The zero-order valence-electron chi connectivity index (χ0n) is 9.70. The lowest BCUT2D eigenvalue weighted by Crippen LogP contribution is -2.28. The third-order valence-electron chi connectivity index (χ3n) is 3.24. The molecule has 0 aromatic heterocycles. The molecule has 2 nitrogen and oxygen atoms in total. The Bertz CT molecular complexity index is 148. The van der Waals surface area contributed by atoms with Crippen LogP contribution in [0.15, 0.2) is 0 Å². The van der Waals surface area contributed by atoms with Gasteiger partial charge in [0.25, 0.3) is 0 Å². The van der Waals surface area contributed by atoms with E-state index in [1.165, 1.54) is 25.7 Å². The molecule has 1 aliphatic rings. The van der Waals surface area contributed by atoms with Gasteiger partial charge in [-0.05, 0) is 37.5 Å². The van der Waals surface area contributed by atoms with Gasteiger partial charge in [-0.15, -0.1) is 0 Å². The van der Waals surface area contributed by atoms with Gasteiger partial charge in [0.15, 0.2) is 0 Å². The van der Waals surface area contributed by atoms with E-state index in [4.69, 9.17) is 4.74 Å². The lowest BCUT2D eigenvalue weighted by molar-refractivity contribution is -0.0415. The number of aliphatic hydroxyl groups is 1. The van der Waals surface area contributed by atoms with Gasteiger partial charge >= 0.3 is 0 Å². The van der Waals surface area contributed by atoms with Gasteiger partial charge in [-0.2, -0.15) is 0 Å². The molecule has 1 rings (SSSR count). The molecule has 0 aromatic rings. The van der Waals surface area contributed by atoms with Crippen LogP contribution in [0.3, 0.4) is 0 Å². The Morgan fingerprint density at radius 3 is 2.29 bits per heavy atom. The van der Waals surface area contributed by atoms with Crippen molar-refractivity contribution in [1.29, 1.82) is 0 Å². The van der Waals surface area contributed by atoms with Crippen molar-refractivity contribution in [2.45, 2.75) is 58.7 Å². The second kappa shape index (κ2) is 5.72. The summed E-state index contributed by atoms with van der Waals surface area (Å²) in [6.45, 7) is 6.86. The molecule has 0 amide bonds. The highest BCUT2D eigenvalue weighted by atomic mass is 16.5. The minimum atomic E-state index is -0.297. The zero-order valence-corrected chi connectivity index (χ0v) is 9.70. The Labute approximate surface area is 87.7 Å². The lowest BCUT2D eigenvalue weighted by atomic mass is 9.89. The second-order valence-corrected chi connectivity index (χ2v) is 5.03. The van der Waals surface area contributed by atoms with E-state index >= 15 is 0 Å². The maximum Gasteiger partial charge on any atom is 0.0796 e. The molecule has 0 bridgehead atoms. The second-order valence-electron chi connectivity index (χ2n) is 5.03. The minimum absolute atomic E-state index is 0.297. The summed E-state index contributed by atoms with van der Waals surface area (Å²) in [5.74, 6) is 1.17. The standard InChI is InChI=1S/C12H24O2/c1-9(2)12(13)8-14-11-6-4-10(3)5-7-11/h9-13H,4-8H2,1-3H3. The number of aliphatic hydroxyl groups excluding tert-OH is 1. The van der Waals surface area contributed by atoms with Gasteiger partial charge in [-0.25, -0.2) is 0 Å². The van der Waals surface area contributed by atoms with Crippen LogP contribution in [-0.4, -0.2) is 23.9 Å².